The lowest BCUT2D eigenvalue weighted by atomic mass is 10.2. The van der Waals surface area contributed by atoms with Crippen LogP contribution in [0.1, 0.15) is 16.9 Å². The van der Waals surface area contributed by atoms with Crippen LogP contribution in [0, 0.1) is 18.3 Å². The van der Waals surface area contributed by atoms with E-state index < -0.39 is 10.0 Å². The second kappa shape index (κ2) is 5.49. The molecule has 1 aromatic heterocycles. The number of benzene rings is 1. The van der Waals surface area contributed by atoms with E-state index in [-0.39, 0.29) is 11.4 Å². The van der Waals surface area contributed by atoms with E-state index >= 15 is 0 Å². The quantitative estimate of drug-likeness (QED) is 0.865. The van der Waals surface area contributed by atoms with Gasteiger partial charge in [0.1, 0.15) is 5.76 Å². The molecule has 0 saturated heterocycles. The topological polar surface area (TPSA) is 74.3 Å². The highest BCUT2D eigenvalue weighted by Crippen LogP contribution is 2.21. The van der Waals surface area contributed by atoms with Crippen LogP contribution in [0.15, 0.2) is 45.9 Å². The molecule has 0 aliphatic heterocycles. The summed E-state index contributed by atoms with van der Waals surface area (Å²) < 4.78 is 31.4. The zero-order valence-corrected chi connectivity index (χ0v) is 12.0. The molecule has 0 atom stereocenters. The fourth-order valence-electron chi connectivity index (χ4n) is 1.82. The summed E-state index contributed by atoms with van der Waals surface area (Å²) >= 11 is 0. The van der Waals surface area contributed by atoms with E-state index in [1.807, 2.05) is 6.07 Å². The fraction of sp³-hybridized carbons (Fsp3) is 0.214. The molecule has 0 spiro atoms. The van der Waals surface area contributed by atoms with E-state index in [2.05, 4.69) is 0 Å². The highest BCUT2D eigenvalue weighted by molar-refractivity contribution is 7.89. The van der Waals surface area contributed by atoms with Crippen molar-refractivity contribution in [2.24, 2.45) is 0 Å². The largest absolute Gasteiger partial charge is 0.468 e. The zero-order valence-electron chi connectivity index (χ0n) is 11.2. The zero-order chi connectivity index (χ0) is 14.8. The Labute approximate surface area is 118 Å². The van der Waals surface area contributed by atoms with E-state index in [1.165, 1.54) is 23.7 Å². The molecule has 0 bridgehead atoms. The highest BCUT2D eigenvalue weighted by Gasteiger charge is 2.24. The first-order valence-corrected chi connectivity index (χ1v) is 7.38. The van der Waals surface area contributed by atoms with E-state index in [0.29, 0.717) is 16.9 Å². The summed E-state index contributed by atoms with van der Waals surface area (Å²) in [4.78, 5) is 0.144. The Morgan fingerprint density at radius 2 is 2.10 bits per heavy atom. The number of hydrogen-bond donors (Lipinski definition) is 0. The molecule has 0 amide bonds. The van der Waals surface area contributed by atoms with Gasteiger partial charge in [0.25, 0.3) is 0 Å². The number of nitrogens with zero attached hydrogens (tertiary/aromatic N) is 2. The number of hydrogen-bond acceptors (Lipinski definition) is 4. The van der Waals surface area contributed by atoms with Crippen molar-refractivity contribution in [3.8, 4) is 6.07 Å². The Hall–Kier alpha value is -2.10. The van der Waals surface area contributed by atoms with Crippen LogP contribution in [-0.2, 0) is 16.6 Å². The molecule has 5 nitrogen and oxygen atoms in total. The summed E-state index contributed by atoms with van der Waals surface area (Å²) in [5.74, 6) is 0.560. The molecular weight excluding hydrogens is 276 g/mol. The lowest BCUT2D eigenvalue weighted by Gasteiger charge is -2.17. The minimum absolute atomic E-state index is 0.144. The van der Waals surface area contributed by atoms with Gasteiger partial charge in [0.15, 0.2) is 0 Å². The van der Waals surface area contributed by atoms with Gasteiger partial charge in [-0.15, -0.1) is 0 Å². The molecule has 6 heteroatoms. The molecule has 2 rings (SSSR count). The summed E-state index contributed by atoms with van der Waals surface area (Å²) in [6.45, 7) is 1.85. The lowest BCUT2D eigenvalue weighted by molar-refractivity contribution is 0.406. The molecule has 0 fully saturated rings. The number of aryl methyl sites for hydroxylation is 1. The Morgan fingerprint density at radius 1 is 1.35 bits per heavy atom. The van der Waals surface area contributed by atoms with Gasteiger partial charge in [-0.25, -0.2) is 8.42 Å². The third-order valence-electron chi connectivity index (χ3n) is 2.96. The number of nitriles is 1. The highest BCUT2D eigenvalue weighted by atomic mass is 32.2. The molecule has 0 saturated carbocycles. The molecule has 0 N–H and O–H groups in total. The molecule has 0 aliphatic rings. The molecule has 2 aromatic rings. The van der Waals surface area contributed by atoms with Crippen molar-refractivity contribution in [2.45, 2.75) is 18.4 Å². The number of rotatable bonds is 4. The summed E-state index contributed by atoms with van der Waals surface area (Å²) in [5.41, 5.74) is 0.927. The van der Waals surface area contributed by atoms with Gasteiger partial charge in [0.2, 0.25) is 10.0 Å². The molecule has 0 radical (unpaired) electrons. The van der Waals surface area contributed by atoms with Gasteiger partial charge in [-0.3, -0.25) is 0 Å². The average Bonchev–Trinajstić information content (AvgIpc) is 2.92. The smallest absolute Gasteiger partial charge is 0.243 e. The van der Waals surface area contributed by atoms with Crippen LogP contribution >= 0.6 is 0 Å². The van der Waals surface area contributed by atoms with Crippen molar-refractivity contribution in [3.05, 3.63) is 53.5 Å². The summed E-state index contributed by atoms with van der Waals surface area (Å²) in [5, 5.41) is 8.89. The van der Waals surface area contributed by atoms with E-state index in [4.69, 9.17) is 9.68 Å². The maximum atomic E-state index is 12.5. The first kappa shape index (κ1) is 14.3. The van der Waals surface area contributed by atoms with E-state index in [1.54, 1.807) is 31.2 Å². The summed E-state index contributed by atoms with van der Waals surface area (Å²) in [7, 11) is -2.17. The monoisotopic (exact) mass is 290 g/mol. The van der Waals surface area contributed by atoms with Crippen molar-refractivity contribution in [2.75, 3.05) is 7.05 Å². The van der Waals surface area contributed by atoms with Gasteiger partial charge in [-0.2, -0.15) is 9.57 Å². The first-order chi connectivity index (χ1) is 9.45. The predicted molar refractivity (Wildman–Crippen MR) is 73.3 cm³/mol. The fourth-order valence-corrected chi connectivity index (χ4v) is 3.21. The van der Waals surface area contributed by atoms with Gasteiger partial charge >= 0.3 is 0 Å². The van der Waals surface area contributed by atoms with Crippen molar-refractivity contribution < 1.29 is 12.8 Å². The molecule has 0 aliphatic carbocycles. The van der Waals surface area contributed by atoms with Crippen LogP contribution in [0.25, 0.3) is 0 Å². The number of sulfonamides is 1. The minimum Gasteiger partial charge on any atom is -0.468 e. The number of furan rings is 1. The van der Waals surface area contributed by atoms with Crippen molar-refractivity contribution >= 4 is 10.0 Å². The molecule has 104 valence electrons. The molecule has 1 aromatic carbocycles. The van der Waals surface area contributed by atoms with Gasteiger partial charge in [-0.05, 0) is 36.8 Å². The molecule has 20 heavy (non-hydrogen) atoms. The molecule has 1 heterocycles. The van der Waals surface area contributed by atoms with E-state index in [0.717, 1.165) is 0 Å². The van der Waals surface area contributed by atoms with Crippen molar-refractivity contribution in [1.29, 1.82) is 5.26 Å². The van der Waals surface area contributed by atoms with Crippen LogP contribution in [0.3, 0.4) is 0 Å². The van der Waals surface area contributed by atoms with E-state index in [9.17, 15) is 8.42 Å². The van der Waals surface area contributed by atoms with Gasteiger partial charge < -0.3 is 4.42 Å². The summed E-state index contributed by atoms with van der Waals surface area (Å²) in [6.07, 6.45) is 1.50. The Morgan fingerprint density at radius 3 is 2.70 bits per heavy atom. The van der Waals surface area contributed by atoms with Crippen LogP contribution in [0.5, 0.6) is 0 Å². The Kier molecular flexibility index (Phi) is 3.93. The normalized spacial score (nSPS) is 11.5. The van der Waals surface area contributed by atoms with Gasteiger partial charge in [-0.1, -0.05) is 6.07 Å². The second-order valence-electron chi connectivity index (χ2n) is 4.43. The molecule has 0 unspecified atom stereocenters. The van der Waals surface area contributed by atoms with Crippen LogP contribution < -0.4 is 0 Å². The van der Waals surface area contributed by atoms with Crippen molar-refractivity contribution in [3.63, 3.8) is 0 Å². The Bertz CT molecular complexity index is 743. The van der Waals surface area contributed by atoms with Crippen LogP contribution in [-0.4, -0.2) is 19.8 Å². The second-order valence-corrected chi connectivity index (χ2v) is 6.45. The van der Waals surface area contributed by atoms with Gasteiger partial charge in [0.05, 0.1) is 29.3 Å². The van der Waals surface area contributed by atoms with Crippen molar-refractivity contribution in [1.82, 2.24) is 4.31 Å². The Balaban J connectivity index is 2.37. The van der Waals surface area contributed by atoms with Crippen LogP contribution in [0.4, 0.5) is 0 Å². The standard InChI is InChI=1S/C14H14N2O3S/c1-11-5-6-12(9-15)8-14(11)20(17,18)16(2)10-13-4-3-7-19-13/h3-8H,10H2,1-2H3. The third-order valence-corrected chi connectivity index (χ3v) is 4.91. The minimum atomic E-state index is -3.66. The molecular formula is C14H14N2O3S. The maximum absolute atomic E-state index is 12.5. The lowest BCUT2D eigenvalue weighted by Crippen LogP contribution is -2.27. The van der Waals surface area contributed by atoms with Crippen LogP contribution in [0.2, 0.25) is 0 Å². The average molecular weight is 290 g/mol. The maximum Gasteiger partial charge on any atom is 0.243 e. The van der Waals surface area contributed by atoms with Gasteiger partial charge in [0, 0.05) is 7.05 Å². The first-order valence-electron chi connectivity index (χ1n) is 5.94. The third kappa shape index (κ3) is 2.74. The summed E-state index contributed by atoms with van der Waals surface area (Å²) in [6, 6.07) is 9.99. The predicted octanol–water partition coefficient (Wildman–Crippen LogP) is 2.28. The SMILES string of the molecule is Cc1ccc(C#N)cc1S(=O)(=O)N(C)Cc1ccco1.